The maximum Gasteiger partial charge on any atom is 0.251 e. The Kier molecular flexibility index (Phi) is 3.20. The molecule has 2 aromatic heterocycles. The van der Waals surface area contributed by atoms with E-state index in [4.69, 9.17) is 10.5 Å². The molecule has 0 radical (unpaired) electrons. The number of fused-ring (bicyclic) bond motifs is 1. The Balaban J connectivity index is 2.15. The molecule has 2 heterocycles. The fraction of sp³-hybridized carbons (Fsp3) is 0.267. The zero-order valence-corrected chi connectivity index (χ0v) is 12.5. The van der Waals surface area contributed by atoms with Gasteiger partial charge < -0.3 is 10.5 Å². The maximum absolute atomic E-state index is 13.0. The van der Waals surface area contributed by atoms with E-state index in [2.05, 4.69) is 15.1 Å². The van der Waals surface area contributed by atoms with E-state index in [-0.39, 0.29) is 17.2 Å². The van der Waals surface area contributed by atoms with Crippen LogP contribution in [0.2, 0.25) is 0 Å². The largest absolute Gasteiger partial charge is 0.437 e. The Morgan fingerprint density at radius 2 is 1.82 bits per heavy atom. The summed E-state index contributed by atoms with van der Waals surface area (Å²) in [6, 6.07) is 5.69. The van der Waals surface area contributed by atoms with Gasteiger partial charge in [0.2, 0.25) is 0 Å². The molecule has 0 fully saturated rings. The summed E-state index contributed by atoms with van der Waals surface area (Å²) in [4.78, 5) is 8.25. The van der Waals surface area contributed by atoms with E-state index in [9.17, 15) is 4.39 Å². The van der Waals surface area contributed by atoms with Gasteiger partial charge in [-0.3, -0.25) is 0 Å². The lowest BCUT2D eigenvalue weighted by atomic mass is 10.1. The van der Waals surface area contributed by atoms with Crippen molar-refractivity contribution in [3.05, 3.63) is 36.4 Å². The van der Waals surface area contributed by atoms with Gasteiger partial charge in [-0.15, -0.1) is 5.10 Å². The minimum Gasteiger partial charge on any atom is -0.437 e. The van der Waals surface area contributed by atoms with Gasteiger partial charge in [0.15, 0.2) is 5.65 Å². The first-order valence-corrected chi connectivity index (χ1v) is 6.79. The highest BCUT2D eigenvalue weighted by atomic mass is 19.1. The van der Waals surface area contributed by atoms with E-state index >= 15 is 0 Å². The van der Waals surface area contributed by atoms with E-state index in [0.29, 0.717) is 22.7 Å². The molecule has 22 heavy (non-hydrogen) atoms. The molecule has 0 saturated heterocycles. The molecule has 1 aromatic carbocycles. The Bertz CT molecular complexity index is 820. The smallest absolute Gasteiger partial charge is 0.251 e. The molecule has 0 spiro atoms. The zero-order chi connectivity index (χ0) is 15.9. The summed E-state index contributed by atoms with van der Waals surface area (Å²) < 4.78 is 20.5. The standard InChI is InChI=1S/C15H16FN5O/c1-15(2,3)21-13-11(12(17)18-8-19-13)14(20-21)22-10-6-4-9(16)5-7-10/h4-8H,1-3H3,(H2,17,18,19). The lowest BCUT2D eigenvalue weighted by Crippen LogP contribution is -2.23. The first kappa shape index (κ1) is 14.2. The molecule has 0 aliphatic heterocycles. The summed E-state index contributed by atoms with van der Waals surface area (Å²) in [6.45, 7) is 6.00. The third kappa shape index (κ3) is 2.45. The Hall–Kier alpha value is -2.70. The number of benzene rings is 1. The Morgan fingerprint density at radius 1 is 1.14 bits per heavy atom. The van der Waals surface area contributed by atoms with Crippen molar-refractivity contribution in [3.8, 4) is 11.6 Å². The molecular weight excluding hydrogens is 285 g/mol. The van der Waals surface area contributed by atoms with Crippen LogP contribution in [-0.2, 0) is 5.54 Å². The van der Waals surface area contributed by atoms with Gasteiger partial charge in [-0.2, -0.15) is 0 Å². The second-order valence-electron chi connectivity index (χ2n) is 5.90. The predicted molar refractivity (Wildman–Crippen MR) is 81.2 cm³/mol. The van der Waals surface area contributed by atoms with Gasteiger partial charge in [-0.1, -0.05) is 0 Å². The number of hydrogen-bond donors (Lipinski definition) is 1. The minimum absolute atomic E-state index is 0.289. The summed E-state index contributed by atoms with van der Waals surface area (Å²) in [7, 11) is 0. The molecule has 0 aliphatic carbocycles. The Morgan fingerprint density at radius 3 is 2.45 bits per heavy atom. The van der Waals surface area contributed by atoms with Crippen LogP contribution >= 0.6 is 0 Å². The topological polar surface area (TPSA) is 78.9 Å². The van der Waals surface area contributed by atoms with Crippen molar-refractivity contribution in [1.82, 2.24) is 19.7 Å². The molecule has 7 heteroatoms. The van der Waals surface area contributed by atoms with Crippen LogP contribution < -0.4 is 10.5 Å². The summed E-state index contributed by atoms with van der Waals surface area (Å²) in [6.07, 6.45) is 1.39. The van der Waals surface area contributed by atoms with Crippen LogP contribution in [0, 0.1) is 5.82 Å². The van der Waals surface area contributed by atoms with E-state index in [1.807, 2.05) is 20.8 Å². The normalized spacial score (nSPS) is 11.8. The molecule has 6 nitrogen and oxygen atoms in total. The van der Waals surface area contributed by atoms with Crippen LogP contribution in [0.15, 0.2) is 30.6 Å². The van der Waals surface area contributed by atoms with Crippen molar-refractivity contribution in [2.24, 2.45) is 0 Å². The van der Waals surface area contributed by atoms with Crippen LogP contribution in [0.4, 0.5) is 10.2 Å². The number of aromatic nitrogens is 4. The highest BCUT2D eigenvalue weighted by Crippen LogP contribution is 2.33. The minimum atomic E-state index is -0.333. The van der Waals surface area contributed by atoms with Crippen molar-refractivity contribution in [1.29, 1.82) is 0 Å². The molecule has 0 atom stereocenters. The highest BCUT2D eigenvalue weighted by molar-refractivity contribution is 5.91. The SMILES string of the molecule is CC(C)(C)n1nc(Oc2ccc(F)cc2)c2c(N)ncnc21. The van der Waals surface area contributed by atoms with Crippen LogP contribution in [0.1, 0.15) is 20.8 Å². The first-order chi connectivity index (χ1) is 10.4. The van der Waals surface area contributed by atoms with Crippen LogP contribution in [-0.4, -0.2) is 19.7 Å². The molecule has 0 bridgehead atoms. The summed E-state index contributed by atoms with van der Waals surface area (Å²) >= 11 is 0. The number of nitrogens with zero attached hydrogens (tertiary/aromatic N) is 4. The number of rotatable bonds is 2. The molecule has 3 rings (SSSR count). The average Bonchev–Trinajstić information content (AvgIpc) is 2.82. The van der Waals surface area contributed by atoms with Crippen molar-refractivity contribution in [2.75, 3.05) is 5.73 Å². The zero-order valence-electron chi connectivity index (χ0n) is 12.5. The lowest BCUT2D eigenvalue weighted by Gasteiger charge is -2.19. The molecule has 3 aromatic rings. The molecule has 0 unspecified atom stereocenters. The number of nitrogen functional groups attached to an aromatic ring is 1. The first-order valence-electron chi connectivity index (χ1n) is 6.79. The van der Waals surface area contributed by atoms with Gasteiger partial charge in [-0.25, -0.2) is 19.0 Å². The lowest BCUT2D eigenvalue weighted by molar-refractivity contribution is 0.349. The summed E-state index contributed by atoms with van der Waals surface area (Å²) in [5.74, 6) is 0.720. The molecule has 0 aliphatic rings. The van der Waals surface area contributed by atoms with Gasteiger partial charge in [-0.05, 0) is 45.0 Å². The van der Waals surface area contributed by atoms with Crippen LogP contribution in [0.25, 0.3) is 11.0 Å². The van der Waals surface area contributed by atoms with Crippen molar-refractivity contribution in [2.45, 2.75) is 26.3 Å². The molecule has 0 amide bonds. The monoisotopic (exact) mass is 301 g/mol. The summed E-state index contributed by atoms with van der Waals surface area (Å²) in [5, 5.41) is 5.00. The Labute approximate surface area is 126 Å². The predicted octanol–water partition coefficient (Wildman–Crippen LogP) is 3.09. The number of anilines is 1. The van der Waals surface area contributed by atoms with E-state index in [1.54, 1.807) is 4.68 Å². The quantitative estimate of drug-likeness (QED) is 0.787. The average molecular weight is 301 g/mol. The second kappa shape index (κ2) is 4.94. The molecule has 114 valence electrons. The van der Waals surface area contributed by atoms with E-state index in [1.165, 1.54) is 30.6 Å². The van der Waals surface area contributed by atoms with E-state index < -0.39 is 0 Å². The fourth-order valence-corrected chi connectivity index (χ4v) is 2.10. The van der Waals surface area contributed by atoms with Gasteiger partial charge in [0.25, 0.3) is 5.88 Å². The third-order valence-corrected chi connectivity index (χ3v) is 3.13. The highest BCUT2D eigenvalue weighted by Gasteiger charge is 2.24. The summed E-state index contributed by atoms with van der Waals surface area (Å²) in [5.41, 5.74) is 6.24. The van der Waals surface area contributed by atoms with Crippen molar-refractivity contribution >= 4 is 16.9 Å². The van der Waals surface area contributed by atoms with Gasteiger partial charge >= 0.3 is 0 Å². The van der Waals surface area contributed by atoms with E-state index in [0.717, 1.165) is 0 Å². The van der Waals surface area contributed by atoms with Crippen LogP contribution in [0.3, 0.4) is 0 Å². The van der Waals surface area contributed by atoms with Gasteiger partial charge in [0.05, 0.1) is 5.54 Å². The third-order valence-electron chi connectivity index (χ3n) is 3.13. The van der Waals surface area contributed by atoms with Gasteiger partial charge in [0, 0.05) is 0 Å². The number of ether oxygens (including phenoxy) is 1. The molecule has 0 saturated carbocycles. The second-order valence-corrected chi connectivity index (χ2v) is 5.90. The van der Waals surface area contributed by atoms with Gasteiger partial charge in [0.1, 0.15) is 29.1 Å². The number of nitrogens with two attached hydrogens (primary N) is 1. The fourth-order valence-electron chi connectivity index (χ4n) is 2.10. The number of halogens is 1. The van der Waals surface area contributed by atoms with Crippen LogP contribution in [0.5, 0.6) is 11.6 Å². The molecule has 2 N–H and O–H groups in total. The van der Waals surface area contributed by atoms with Crippen molar-refractivity contribution < 1.29 is 9.13 Å². The number of hydrogen-bond acceptors (Lipinski definition) is 5. The van der Waals surface area contributed by atoms with Crippen molar-refractivity contribution in [3.63, 3.8) is 0 Å². The molecular formula is C15H16FN5O. The maximum atomic E-state index is 13.0.